The molecule has 1 aliphatic carbocycles. The molecule has 1 N–H and O–H groups in total. The van der Waals surface area contributed by atoms with Crippen LogP contribution in [0.1, 0.15) is 44.9 Å². The smallest absolute Gasteiger partial charge is 0.306 e. The summed E-state index contributed by atoms with van der Waals surface area (Å²) in [4.78, 5) is 22.4. The van der Waals surface area contributed by atoms with Crippen LogP contribution < -0.4 is 0 Å². The van der Waals surface area contributed by atoms with Crippen molar-refractivity contribution in [1.29, 1.82) is 0 Å². The van der Waals surface area contributed by atoms with Crippen molar-refractivity contribution < 1.29 is 14.7 Å². The van der Waals surface area contributed by atoms with Gasteiger partial charge in [0.1, 0.15) is 0 Å². The Labute approximate surface area is 96.5 Å². The minimum Gasteiger partial charge on any atom is -0.481 e. The maximum atomic E-state index is 11.5. The molecule has 0 aromatic carbocycles. The van der Waals surface area contributed by atoms with E-state index >= 15 is 0 Å². The van der Waals surface area contributed by atoms with Crippen LogP contribution in [0, 0.1) is 11.8 Å². The van der Waals surface area contributed by atoms with E-state index in [4.69, 9.17) is 5.11 Å². The van der Waals surface area contributed by atoms with Crippen LogP contribution in [0.5, 0.6) is 0 Å². The fourth-order valence-electron chi connectivity index (χ4n) is 2.38. The Hall–Kier alpha value is -1.12. The molecule has 1 aliphatic rings. The average Bonchev–Trinajstić information content (AvgIpc) is 2.39. The zero-order chi connectivity index (χ0) is 12.0. The molecule has 3 nitrogen and oxygen atoms in total. The molecule has 0 radical (unpaired) electrons. The number of allylic oxidation sites excluding steroid dienone is 1. The summed E-state index contributed by atoms with van der Waals surface area (Å²) in [7, 11) is 0. The van der Waals surface area contributed by atoms with Crippen LogP contribution in [0.3, 0.4) is 0 Å². The van der Waals surface area contributed by atoms with Gasteiger partial charge in [0.2, 0.25) is 0 Å². The lowest BCUT2D eigenvalue weighted by atomic mass is 9.92. The van der Waals surface area contributed by atoms with Gasteiger partial charge in [0.15, 0.2) is 5.78 Å². The molecule has 0 heterocycles. The molecule has 0 amide bonds. The van der Waals surface area contributed by atoms with Gasteiger partial charge in [-0.1, -0.05) is 25.8 Å². The van der Waals surface area contributed by atoms with E-state index in [0.717, 1.165) is 38.5 Å². The zero-order valence-electron chi connectivity index (χ0n) is 9.65. The number of carboxylic acid groups (broad SMARTS) is 1. The van der Waals surface area contributed by atoms with Gasteiger partial charge in [-0.3, -0.25) is 9.59 Å². The van der Waals surface area contributed by atoms with Gasteiger partial charge in [-0.25, -0.2) is 0 Å². The quantitative estimate of drug-likeness (QED) is 0.750. The zero-order valence-corrected chi connectivity index (χ0v) is 9.65. The van der Waals surface area contributed by atoms with Gasteiger partial charge in [-0.05, 0) is 31.8 Å². The summed E-state index contributed by atoms with van der Waals surface area (Å²) in [5, 5.41) is 8.99. The van der Waals surface area contributed by atoms with E-state index in [1.165, 1.54) is 6.08 Å². The molecule has 1 fully saturated rings. The molecule has 0 saturated heterocycles. The highest BCUT2D eigenvalue weighted by molar-refractivity contribution is 5.91. The van der Waals surface area contributed by atoms with Gasteiger partial charge in [0, 0.05) is 5.92 Å². The van der Waals surface area contributed by atoms with Crippen molar-refractivity contribution in [1.82, 2.24) is 0 Å². The standard InChI is InChI=1S/C13H20O3/c1-2-12(14)10-6-3-4-7-11(13(15)16)9-5-8-10/h2,10-11H,1,3-9H2,(H,15,16). The van der Waals surface area contributed by atoms with Crippen molar-refractivity contribution in [3.05, 3.63) is 12.7 Å². The van der Waals surface area contributed by atoms with Crippen molar-refractivity contribution >= 4 is 11.8 Å². The molecule has 0 spiro atoms. The highest BCUT2D eigenvalue weighted by Crippen LogP contribution is 2.26. The van der Waals surface area contributed by atoms with Crippen LogP contribution >= 0.6 is 0 Å². The fraction of sp³-hybridized carbons (Fsp3) is 0.692. The molecule has 16 heavy (non-hydrogen) atoms. The molecule has 3 heteroatoms. The molecule has 2 unspecified atom stereocenters. The summed E-state index contributed by atoms with van der Waals surface area (Å²) < 4.78 is 0. The van der Waals surface area contributed by atoms with Crippen LogP contribution in [-0.2, 0) is 9.59 Å². The van der Waals surface area contributed by atoms with Gasteiger partial charge in [-0.15, -0.1) is 0 Å². The maximum Gasteiger partial charge on any atom is 0.306 e. The van der Waals surface area contributed by atoms with E-state index in [0.29, 0.717) is 6.42 Å². The molecule has 0 bridgehead atoms. The minimum absolute atomic E-state index is 0.0741. The van der Waals surface area contributed by atoms with E-state index in [1.54, 1.807) is 0 Å². The van der Waals surface area contributed by atoms with E-state index in [9.17, 15) is 9.59 Å². The topological polar surface area (TPSA) is 54.4 Å². The number of carboxylic acids is 1. The predicted molar refractivity (Wildman–Crippen MR) is 62.1 cm³/mol. The highest BCUT2D eigenvalue weighted by atomic mass is 16.4. The van der Waals surface area contributed by atoms with Crippen LogP contribution in [0.4, 0.5) is 0 Å². The van der Waals surface area contributed by atoms with Gasteiger partial charge in [0.25, 0.3) is 0 Å². The molecular weight excluding hydrogens is 204 g/mol. The van der Waals surface area contributed by atoms with E-state index in [1.807, 2.05) is 0 Å². The van der Waals surface area contributed by atoms with Crippen molar-refractivity contribution in [3.63, 3.8) is 0 Å². The molecule has 0 aromatic rings. The molecule has 90 valence electrons. The highest BCUT2D eigenvalue weighted by Gasteiger charge is 2.22. The number of ketones is 1. The summed E-state index contributed by atoms with van der Waals surface area (Å²) >= 11 is 0. The minimum atomic E-state index is -0.687. The number of aliphatic carboxylic acids is 1. The van der Waals surface area contributed by atoms with Gasteiger partial charge in [0.05, 0.1) is 5.92 Å². The predicted octanol–water partition coefficient (Wildman–Crippen LogP) is 2.80. The van der Waals surface area contributed by atoms with Crippen LogP contribution in [0.25, 0.3) is 0 Å². The molecule has 2 atom stereocenters. The largest absolute Gasteiger partial charge is 0.481 e. The Morgan fingerprint density at radius 1 is 1.00 bits per heavy atom. The molecule has 1 saturated carbocycles. The number of carbonyl (C=O) groups is 2. The summed E-state index contributed by atoms with van der Waals surface area (Å²) in [6, 6.07) is 0. The monoisotopic (exact) mass is 224 g/mol. The second kappa shape index (κ2) is 6.46. The lowest BCUT2D eigenvalue weighted by Crippen LogP contribution is -2.14. The molecule has 1 rings (SSSR count). The SMILES string of the molecule is C=CC(=O)C1CCCCC(C(=O)O)CCC1. The Morgan fingerprint density at radius 3 is 2.06 bits per heavy atom. The second-order valence-electron chi connectivity index (χ2n) is 4.55. The molecule has 0 aromatic heterocycles. The first kappa shape index (κ1) is 12.9. The summed E-state index contributed by atoms with van der Waals surface area (Å²) in [6.45, 7) is 3.51. The van der Waals surface area contributed by atoms with Gasteiger partial charge in [-0.2, -0.15) is 0 Å². The third kappa shape index (κ3) is 3.80. The number of hydrogen-bond acceptors (Lipinski definition) is 2. The lowest BCUT2D eigenvalue weighted by molar-refractivity contribution is -0.142. The first-order valence-electron chi connectivity index (χ1n) is 6.04. The Balaban J connectivity index is 2.52. The Morgan fingerprint density at radius 2 is 1.50 bits per heavy atom. The number of carbonyl (C=O) groups excluding carboxylic acids is 1. The van der Waals surface area contributed by atoms with E-state index in [2.05, 4.69) is 6.58 Å². The average molecular weight is 224 g/mol. The molecule has 0 aliphatic heterocycles. The molecular formula is C13H20O3. The first-order chi connectivity index (χ1) is 7.65. The summed E-state index contributed by atoms with van der Waals surface area (Å²) in [5.41, 5.74) is 0. The maximum absolute atomic E-state index is 11.5. The Bertz CT molecular complexity index is 270. The van der Waals surface area contributed by atoms with Gasteiger partial charge >= 0.3 is 5.97 Å². The van der Waals surface area contributed by atoms with Crippen molar-refractivity contribution in [2.24, 2.45) is 11.8 Å². The third-order valence-corrected chi connectivity index (χ3v) is 3.41. The van der Waals surface area contributed by atoms with Crippen LogP contribution in [0.15, 0.2) is 12.7 Å². The second-order valence-corrected chi connectivity index (χ2v) is 4.55. The van der Waals surface area contributed by atoms with Crippen molar-refractivity contribution in [2.45, 2.75) is 44.9 Å². The van der Waals surface area contributed by atoms with E-state index < -0.39 is 5.97 Å². The lowest BCUT2D eigenvalue weighted by Gasteiger charge is -2.12. The first-order valence-corrected chi connectivity index (χ1v) is 6.04. The van der Waals surface area contributed by atoms with Crippen LogP contribution in [0.2, 0.25) is 0 Å². The van der Waals surface area contributed by atoms with E-state index in [-0.39, 0.29) is 17.6 Å². The summed E-state index contributed by atoms with van der Waals surface area (Å²) in [6.07, 6.45) is 7.26. The van der Waals surface area contributed by atoms with Crippen molar-refractivity contribution in [2.75, 3.05) is 0 Å². The normalized spacial score (nSPS) is 27.2. The Kier molecular flexibility index (Phi) is 5.23. The third-order valence-electron chi connectivity index (χ3n) is 3.41. The van der Waals surface area contributed by atoms with Crippen LogP contribution in [-0.4, -0.2) is 16.9 Å². The number of rotatable bonds is 3. The summed E-state index contributed by atoms with van der Waals surface area (Å²) in [5.74, 6) is -0.704. The number of hydrogen-bond donors (Lipinski definition) is 1. The van der Waals surface area contributed by atoms with Gasteiger partial charge < -0.3 is 5.11 Å². The fourth-order valence-corrected chi connectivity index (χ4v) is 2.38. The van der Waals surface area contributed by atoms with Crippen molar-refractivity contribution in [3.8, 4) is 0 Å².